The van der Waals surface area contributed by atoms with Crippen LogP contribution in [0.15, 0.2) is 48.6 Å². The molecule has 21 heavy (non-hydrogen) atoms. The Morgan fingerprint density at radius 3 is 1.81 bits per heavy atom. The molecule has 3 heteroatoms. The highest BCUT2D eigenvalue weighted by atomic mass is 16.5. The van der Waals surface area contributed by atoms with E-state index in [0.29, 0.717) is 6.42 Å². The van der Waals surface area contributed by atoms with E-state index in [2.05, 4.69) is 47.3 Å². The van der Waals surface area contributed by atoms with Crippen LogP contribution in [0.4, 0.5) is 0 Å². The molecule has 0 aliphatic carbocycles. The highest BCUT2D eigenvalue weighted by Gasteiger charge is 1.96. The van der Waals surface area contributed by atoms with Crippen molar-refractivity contribution in [3.05, 3.63) is 48.6 Å². The Labute approximate surface area is 128 Å². The minimum atomic E-state index is -0.138. The number of aliphatic hydroxyl groups excluding tert-OH is 1. The van der Waals surface area contributed by atoms with Gasteiger partial charge in [-0.15, -0.1) is 0 Å². The zero-order valence-corrected chi connectivity index (χ0v) is 13.0. The van der Waals surface area contributed by atoms with Crippen LogP contribution in [-0.2, 0) is 9.53 Å². The molecule has 0 aromatic rings. The summed E-state index contributed by atoms with van der Waals surface area (Å²) in [5.74, 6) is -0.138. The summed E-state index contributed by atoms with van der Waals surface area (Å²) in [6, 6.07) is 0. The van der Waals surface area contributed by atoms with Crippen molar-refractivity contribution in [1.29, 1.82) is 0 Å². The summed E-state index contributed by atoms with van der Waals surface area (Å²) in [6.45, 7) is 0.221. The molecule has 0 aromatic heterocycles. The number of methoxy groups -OCH3 is 1. The molecule has 0 rings (SSSR count). The smallest absolute Gasteiger partial charge is 0.305 e. The lowest BCUT2D eigenvalue weighted by Crippen LogP contribution is -1.98. The SMILES string of the molecule is COC(=O)CCC/C=C\C/C=C\C/C=C\C/C=C\CCO. The lowest BCUT2D eigenvalue weighted by Gasteiger charge is -1.95. The highest BCUT2D eigenvalue weighted by molar-refractivity contribution is 5.68. The van der Waals surface area contributed by atoms with Gasteiger partial charge in [0.25, 0.3) is 0 Å². The number of allylic oxidation sites excluding steroid dienone is 7. The monoisotopic (exact) mass is 292 g/mol. The molecule has 1 N–H and O–H groups in total. The van der Waals surface area contributed by atoms with Crippen LogP contribution < -0.4 is 0 Å². The second-order valence-corrected chi connectivity index (χ2v) is 4.57. The van der Waals surface area contributed by atoms with Gasteiger partial charge in [-0.1, -0.05) is 48.6 Å². The van der Waals surface area contributed by atoms with E-state index in [9.17, 15) is 4.79 Å². The second-order valence-electron chi connectivity index (χ2n) is 4.57. The molecular formula is C18H28O3. The molecule has 0 aliphatic heterocycles. The van der Waals surface area contributed by atoms with Crippen molar-refractivity contribution in [1.82, 2.24) is 0 Å². The van der Waals surface area contributed by atoms with Crippen LogP contribution in [0.3, 0.4) is 0 Å². The fourth-order valence-electron chi connectivity index (χ4n) is 1.59. The average molecular weight is 292 g/mol. The highest BCUT2D eigenvalue weighted by Crippen LogP contribution is 2.00. The van der Waals surface area contributed by atoms with E-state index in [0.717, 1.165) is 38.5 Å². The molecule has 0 amide bonds. The molecular weight excluding hydrogens is 264 g/mol. The Morgan fingerprint density at radius 1 is 0.857 bits per heavy atom. The summed E-state index contributed by atoms with van der Waals surface area (Å²) in [6.07, 6.45) is 22.6. The third-order valence-electron chi connectivity index (χ3n) is 2.76. The molecule has 0 heterocycles. The standard InChI is InChI=1S/C18H28O3/c1-21-18(20)16-14-12-10-8-6-4-2-3-5-7-9-11-13-15-17-19/h2,4-5,7-8,10-11,13,19H,3,6,9,12,14-17H2,1H3/b4-2-,7-5-,10-8-,13-11-. The average Bonchev–Trinajstić information content (AvgIpc) is 2.50. The fourth-order valence-corrected chi connectivity index (χ4v) is 1.59. The maximum absolute atomic E-state index is 10.9. The number of hydrogen-bond acceptors (Lipinski definition) is 3. The molecule has 0 saturated heterocycles. The van der Waals surface area contributed by atoms with Gasteiger partial charge in [-0.3, -0.25) is 4.79 Å². The van der Waals surface area contributed by atoms with Gasteiger partial charge in [0.15, 0.2) is 0 Å². The number of esters is 1. The van der Waals surface area contributed by atoms with Crippen molar-refractivity contribution in [3.63, 3.8) is 0 Å². The first-order valence-electron chi connectivity index (χ1n) is 7.59. The van der Waals surface area contributed by atoms with Crippen LogP contribution >= 0.6 is 0 Å². The van der Waals surface area contributed by atoms with Crippen LogP contribution in [0.25, 0.3) is 0 Å². The maximum atomic E-state index is 10.9. The number of carbonyl (C=O) groups excluding carboxylic acids is 1. The van der Waals surface area contributed by atoms with E-state index in [-0.39, 0.29) is 12.6 Å². The minimum Gasteiger partial charge on any atom is -0.469 e. The third kappa shape index (κ3) is 16.3. The number of unbranched alkanes of at least 4 members (excludes halogenated alkanes) is 1. The molecule has 118 valence electrons. The lowest BCUT2D eigenvalue weighted by molar-refractivity contribution is -0.140. The molecule has 0 fully saturated rings. The van der Waals surface area contributed by atoms with Crippen molar-refractivity contribution >= 4 is 5.97 Å². The van der Waals surface area contributed by atoms with Gasteiger partial charge in [-0.05, 0) is 38.5 Å². The minimum absolute atomic E-state index is 0.138. The Morgan fingerprint density at radius 2 is 1.33 bits per heavy atom. The summed E-state index contributed by atoms with van der Waals surface area (Å²) in [5.41, 5.74) is 0. The Balaban J connectivity index is 3.43. The van der Waals surface area contributed by atoms with Crippen molar-refractivity contribution < 1.29 is 14.6 Å². The largest absolute Gasteiger partial charge is 0.469 e. The molecule has 0 saturated carbocycles. The Kier molecular flexibility index (Phi) is 15.2. The van der Waals surface area contributed by atoms with Crippen LogP contribution in [0.1, 0.15) is 44.9 Å². The zero-order chi connectivity index (χ0) is 15.6. The molecule has 3 nitrogen and oxygen atoms in total. The summed E-state index contributed by atoms with van der Waals surface area (Å²) < 4.78 is 4.57. The van der Waals surface area contributed by atoms with E-state index in [1.807, 2.05) is 6.08 Å². The molecule has 0 bridgehead atoms. The maximum Gasteiger partial charge on any atom is 0.305 e. The Bertz CT molecular complexity index is 351. The quantitative estimate of drug-likeness (QED) is 0.334. The number of ether oxygens (including phenoxy) is 1. The van der Waals surface area contributed by atoms with Crippen molar-refractivity contribution in [2.75, 3.05) is 13.7 Å². The number of rotatable bonds is 12. The van der Waals surface area contributed by atoms with Crippen LogP contribution in [0.5, 0.6) is 0 Å². The van der Waals surface area contributed by atoms with E-state index in [1.165, 1.54) is 7.11 Å². The summed E-state index contributed by atoms with van der Waals surface area (Å²) in [4.78, 5) is 10.9. The van der Waals surface area contributed by atoms with Gasteiger partial charge in [-0.2, -0.15) is 0 Å². The van der Waals surface area contributed by atoms with Crippen LogP contribution in [0.2, 0.25) is 0 Å². The summed E-state index contributed by atoms with van der Waals surface area (Å²) in [7, 11) is 1.42. The summed E-state index contributed by atoms with van der Waals surface area (Å²) >= 11 is 0. The predicted molar refractivity (Wildman–Crippen MR) is 88.0 cm³/mol. The lowest BCUT2D eigenvalue weighted by atomic mass is 10.2. The first kappa shape index (κ1) is 19.4. The third-order valence-corrected chi connectivity index (χ3v) is 2.76. The van der Waals surface area contributed by atoms with Crippen LogP contribution in [-0.4, -0.2) is 24.8 Å². The van der Waals surface area contributed by atoms with Crippen molar-refractivity contribution in [3.8, 4) is 0 Å². The molecule has 0 unspecified atom stereocenters. The van der Waals surface area contributed by atoms with Gasteiger partial charge in [-0.25, -0.2) is 0 Å². The van der Waals surface area contributed by atoms with Crippen molar-refractivity contribution in [2.45, 2.75) is 44.9 Å². The number of hydrogen-bond donors (Lipinski definition) is 1. The van der Waals surface area contributed by atoms with Crippen molar-refractivity contribution in [2.24, 2.45) is 0 Å². The van der Waals surface area contributed by atoms with Gasteiger partial charge < -0.3 is 9.84 Å². The van der Waals surface area contributed by atoms with E-state index < -0.39 is 0 Å². The van der Waals surface area contributed by atoms with Gasteiger partial charge in [0.2, 0.25) is 0 Å². The van der Waals surface area contributed by atoms with Gasteiger partial charge in [0.1, 0.15) is 0 Å². The topological polar surface area (TPSA) is 46.5 Å². The summed E-state index contributed by atoms with van der Waals surface area (Å²) in [5, 5.41) is 8.59. The number of carbonyl (C=O) groups is 1. The molecule has 0 radical (unpaired) electrons. The molecule has 0 atom stereocenters. The van der Waals surface area contributed by atoms with Crippen LogP contribution in [0, 0.1) is 0 Å². The zero-order valence-electron chi connectivity index (χ0n) is 13.0. The first-order chi connectivity index (χ1) is 10.3. The molecule has 0 aliphatic rings. The predicted octanol–water partition coefficient (Wildman–Crippen LogP) is 4.11. The fraction of sp³-hybridized carbons (Fsp3) is 0.500. The van der Waals surface area contributed by atoms with E-state index >= 15 is 0 Å². The number of aliphatic hydroxyl groups is 1. The van der Waals surface area contributed by atoms with Gasteiger partial charge in [0.05, 0.1) is 7.11 Å². The first-order valence-corrected chi connectivity index (χ1v) is 7.59. The van der Waals surface area contributed by atoms with E-state index in [1.54, 1.807) is 0 Å². The normalized spacial score (nSPS) is 12.3. The van der Waals surface area contributed by atoms with Gasteiger partial charge in [0, 0.05) is 13.0 Å². The van der Waals surface area contributed by atoms with E-state index in [4.69, 9.17) is 5.11 Å². The van der Waals surface area contributed by atoms with Gasteiger partial charge >= 0.3 is 5.97 Å². The Hall–Kier alpha value is -1.61. The molecule has 0 spiro atoms. The second kappa shape index (κ2) is 16.4. The molecule has 0 aromatic carbocycles.